The molecule has 1 heterocycles. The molecule has 0 fully saturated rings. The number of rotatable bonds is 0. The first kappa shape index (κ1) is 10.8. The summed E-state index contributed by atoms with van der Waals surface area (Å²) in [5.41, 5.74) is 3.62. The minimum absolute atomic E-state index is 0.136. The molecule has 0 saturated carbocycles. The summed E-state index contributed by atoms with van der Waals surface area (Å²) >= 11 is 0. The second kappa shape index (κ2) is 3.47. The Bertz CT molecular complexity index is 702. The van der Waals surface area contributed by atoms with Gasteiger partial charge in [-0.3, -0.25) is 4.79 Å². The number of benzene rings is 2. The highest BCUT2D eigenvalue weighted by molar-refractivity contribution is 6.07. The van der Waals surface area contributed by atoms with Crippen LogP contribution in [0.1, 0.15) is 27.0 Å². The number of carbonyl (C=O) groups is 1. The van der Waals surface area contributed by atoms with E-state index in [0.717, 1.165) is 22.4 Å². The zero-order valence-corrected chi connectivity index (χ0v) is 10.8. The van der Waals surface area contributed by atoms with Gasteiger partial charge >= 0.3 is 0 Å². The molecule has 0 amide bonds. The molecule has 1 spiro atoms. The van der Waals surface area contributed by atoms with Gasteiger partial charge in [-0.25, -0.2) is 0 Å². The van der Waals surface area contributed by atoms with Crippen molar-refractivity contribution < 1.29 is 9.53 Å². The maximum atomic E-state index is 12.6. The summed E-state index contributed by atoms with van der Waals surface area (Å²) in [7, 11) is 0. The first-order chi connectivity index (χ1) is 9.18. The van der Waals surface area contributed by atoms with Crippen LogP contribution in [0.15, 0.2) is 42.5 Å². The summed E-state index contributed by atoms with van der Waals surface area (Å²) in [5.74, 6) is 1.00. The summed E-state index contributed by atoms with van der Waals surface area (Å²) in [6.45, 7) is 2.07. The van der Waals surface area contributed by atoms with Crippen molar-refractivity contribution in [1.82, 2.24) is 0 Å². The van der Waals surface area contributed by atoms with Gasteiger partial charge in [0.05, 0.1) is 0 Å². The lowest BCUT2D eigenvalue weighted by molar-refractivity contribution is 0.0583. The Balaban J connectivity index is 1.79. The van der Waals surface area contributed by atoms with Crippen LogP contribution in [0.4, 0.5) is 0 Å². The Labute approximate surface area is 112 Å². The van der Waals surface area contributed by atoms with Gasteiger partial charge in [0.15, 0.2) is 5.60 Å². The average Bonchev–Trinajstić information content (AvgIpc) is 2.89. The first-order valence-electron chi connectivity index (χ1n) is 6.59. The van der Waals surface area contributed by atoms with E-state index in [0.29, 0.717) is 12.8 Å². The molecule has 2 heteroatoms. The van der Waals surface area contributed by atoms with Crippen molar-refractivity contribution >= 4 is 5.78 Å². The number of carbonyl (C=O) groups excluding carboxylic acids is 1. The molecule has 2 aromatic carbocycles. The van der Waals surface area contributed by atoms with Crippen molar-refractivity contribution in [2.45, 2.75) is 25.4 Å². The minimum Gasteiger partial charge on any atom is -0.478 e. The van der Waals surface area contributed by atoms with Gasteiger partial charge in [0.25, 0.3) is 0 Å². The van der Waals surface area contributed by atoms with E-state index in [1.54, 1.807) is 0 Å². The van der Waals surface area contributed by atoms with Gasteiger partial charge in [-0.15, -0.1) is 0 Å². The minimum atomic E-state index is -0.681. The molecule has 2 nitrogen and oxygen atoms in total. The van der Waals surface area contributed by atoms with Crippen LogP contribution < -0.4 is 4.74 Å². The highest BCUT2D eigenvalue weighted by Gasteiger charge is 2.51. The Morgan fingerprint density at radius 1 is 1.05 bits per heavy atom. The molecule has 0 saturated heterocycles. The number of hydrogen-bond donors (Lipinski definition) is 0. The fourth-order valence-electron chi connectivity index (χ4n) is 3.25. The van der Waals surface area contributed by atoms with E-state index in [-0.39, 0.29) is 5.78 Å². The monoisotopic (exact) mass is 250 g/mol. The van der Waals surface area contributed by atoms with Crippen molar-refractivity contribution in [3.05, 3.63) is 64.7 Å². The molecule has 0 radical (unpaired) electrons. The van der Waals surface area contributed by atoms with Crippen molar-refractivity contribution in [1.29, 1.82) is 0 Å². The van der Waals surface area contributed by atoms with Crippen molar-refractivity contribution in [3.8, 4) is 5.75 Å². The molecule has 19 heavy (non-hydrogen) atoms. The third-order valence-corrected chi connectivity index (χ3v) is 4.15. The normalized spacial score (nSPS) is 23.3. The lowest BCUT2D eigenvalue weighted by Crippen LogP contribution is -2.40. The largest absolute Gasteiger partial charge is 0.478 e. The van der Waals surface area contributed by atoms with Crippen LogP contribution in [0.25, 0.3) is 0 Å². The van der Waals surface area contributed by atoms with Gasteiger partial charge in [0, 0.05) is 18.4 Å². The Morgan fingerprint density at radius 2 is 1.84 bits per heavy atom. The van der Waals surface area contributed by atoms with Gasteiger partial charge in [-0.2, -0.15) is 0 Å². The number of Topliss-reactive ketones (excluding diaryl/α,β-unsaturated/α-hetero) is 1. The molecule has 2 aromatic rings. The molecule has 1 aliphatic heterocycles. The molecule has 0 bridgehead atoms. The predicted octanol–water partition coefficient (Wildman–Crippen LogP) is 3.11. The molecule has 0 N–H and O–H groups in total. The SMILES string of the molecule is Cc1ccc2c(c1)C[C@@]1(Cc3ccccc3C1=O)O2. The maximum Gasteiger partial charge on any atom is 0.207 e. The average molecular weight is 250 g/mol. The second-order valence-electron chi connectivity index (χ2n) is 5.55. The first-order valence-corrected chi connectivity index (χ1v) is 6.59. The summed E-state index contributed by atoms with van der Waals surface area (Å²) in [6, 6.07) is 14.0. The Morgan fingerprint density at radius 3 is 2.68 bits per heavy atom. The predicted molar refractivity (Wildman–Crippen MR) is 72.7 cm³/mol. The van der Waals surface area contributed by atoms with Crippen molar-refractivity contribution in [2.24, 2.45) is 0 Å². The topological polar surface area (TPSA) is 26.3 Å². The van der Waals surface area contributed by atoms with Gasteiger partial charge in [-0.1, -0.05) is 42.0 Å². The van der Waals surface area contributed by atoms with Crippen LogP contribution in [0, 0.1) is 6.92 Å². The fourth-order valence-corrected chi connectivity index (χ4v) is 3.25. The van der Waals surface area contributed by atoms with E-state index in [4.69, 9.17) is 4.74 Å². The van der Waals surface area contributed by atoms with Gasteiger partial charge in [0.2, 0.25) is 5.78 Å². The molecular weight excluding hydrogens is 236 g/mol. The van der Waals surface area contributed by atoms with Crippen LogP contribution in [0.5, 0.6) is 5.75 Å². The molecule has 1 atom stereocenters. The molecule has 2 aliphatic rings. The number of fused-ring (bicyclic) bond motifs is 2. The summed E-state index contributed by atoms with van der Waals surface area (Å²) in [4.78, 5) is 12.6. The second-order valence-corrected chi connectivity index (χ2v) is 5.55. The van der Waals surface area contributed by atoms with E-state index in [2.05, 4.69) is 13.0 Å². The van der Waals surface area contributed by atoms with Crippen LogP contribution in [-0.4, -0.2) is 11.4 Å². The number of ketones is 1. The molecule has 1 aliphatic carbocycles. The smallest absolute Gasteiger partial charge is 0.207 e. The van der Waals surface area contributed by atoms with Crippen molar-refractivity contribution in [2.75, 3.05) is 0 Å². The standard InChI is InChI=1S/C17H14O2/c1-11-6-7-15-13(8-11)10-17(19-15)9-12-4-2-3-5-14(12)16(17)18/h2-8H,9-10H2,1H3/t17-/m1/s1. The Kier molecular flexibility index (Phi) is 1.97. The quantitative estimate of drug-likeness (QED) is 0.718. The maximum absolute atomic E-state index is 12.6. The van der Waals surface area contributed by atoms with E-state index in [1.165, 1.54) is 5.56 Å². The van der Waals surface area contributed by atoms with E-state index < -0.39 is 5.60 Å². The fraction of sp³-hybridized carbons (Fsp3) is 0.235. The summed E-state index contributed by atoms with van der Waals surface area (Å²) in [6.07, 6.45) is 1.38. The molecule has 0 unspecified atom stereocenters. The van der Waals surface area contributed by atoms with E-state index in [9.17, 15) is 4.79 Å². The number of aryl methyl sites for hydroxylation is 1. The van der Waals surface area contributed by atoms with Gasteiger partial charge in [0.1, 0.15) is 5.75 Å². The summed E-state index contributed by atoms with van der Waals surface area (Å²) in [5, 5.41) is 0. The van der Waals surface area contributed by atoms with Gasteiger partial charge in [-0.05, 0) is 24.1 Å². The highest BCUT2D eigenvalue weighted by Crippen LogP contribution is 2.43. The third-order valence-electron chi connectivity index (χ3n) is 4.15. The number of hydrogen-bond acceptors (Lipinski definition) is 2. The van der Waals surface area contributed by atoms with Crippen LogP contribution >= 0.6 is 0 Å². The highest BCUT2D eigenvalue weighted by atomic mass is 16.5. The van der Waals surface area contributed by atoms with Crippen LogP contribution in [-0.2, 0) is 12.8 Å². The van der Waals surface area contributed by atoms with Crippen molar-refractivity contribution in [3.63, 3.8) is 0 Å². The molecule has 0 aromatic heterocycles. The molecule has 4 rings (SSSR count). The zero-order chi connectivity index (χ0) is 13.0. The number of ether oxygens (including phenoxy) is 1. The molecular formula is C17H14O2. The van der Waals surface area contributed by atoms with E-state index >= 15 is 0 Å². The zero-order valence-electron chi connectivity index (χ0n) is 10.8. The van der Waals surface area contributed by atoms with E-state index in [1.807, 2.05) is 36.4 Å². The molecule has 94 valence electrons. The lowest BCUT2D eigenvalue weighted by Gasteiger charge is -2.20. The summed E-state index contributed by atoms with van der Waals surface area (Å²) < 4.78 is 6.06. The lowest BCUT2D eigenvalue weighted by atomic mass is 9.92. The van der Waals surface area contributed by atoms with Gasteiger partial charge < -0.3 is 4.74 Å². The third kappa shape index (κ3) is 1.40. The van der Waals surface area contributed by atoms with Crippen LogP contribution in [0.2, 0.25) is 0 Å². The Hall–Kier alpha value is -2.09. The van der Waals surface area contributed by atoms with Crippen LogP contribution in [0.3, 0.4) is 0 Å².